The van der Waals surface area contributed by atoms with Gasteiger partial charge in [-0.15, -0.1) is 0 Å². The van der Waals surface area contributed by atoms with Crippen LogP contribution >= 0.6 is 0 Å². The molecule has 0 aliphatic carbocycles. The summed E-state index contributed by atoms with van der Waals surface area (Å²) in [5.74, 6) is 0. The molecule has 1 heterocycles. The minimum atomic E-state index is 1.04. The molecule has 0 amide bonds. The summed E-state index contributed by atoms with van der Waals surface area (Å²) >= 11 is 0. The van der Waals surface area contributed by atoms with Gasteiger partial charge in [-0.2, -0.15) is 0 Å². The Morgan fingerprint density at radius 2 is 1.48 bits per heavy atom. The molecule has 1 fully saturated rings. The van der Waals surface area contributed by atoms with E-state index >= 15 is 0 Å². The molecular weight excluding hydrogens is 306 g/mol. The van der Waals surface area contributed by atoms with E-state index in [0.717, 1.165) is 39.3 Å². The van der Waals surface area contributed by atoms with Gasteiger partial charge in [0, 0.05) is 59.1 Å². The van der Waals surface area contributed by atoms with Gasteiger partial charge in [-0.05, 0) is 23.3 Å². The van der Waals surface area contributed by atoms with E-state index in [2.05, 4.69) is 95.5 Å². The van der Waals surface area contributed by atoms with Crippen LogP contribution in [0.2, 0.25) is 0 Å². The predicted molar refractivity (Wildman–Crippen MR) is 108 cm³/mol. The highest BCUT2D eigenvalue weighted by Crippen LogP contribution is 2.14. The lowest BCUT2D eigenvalue weighted by atomic mass is 10.1. The van der Waals surface area contributed by atoms with Crippen molar-refractivity contribution in [2.45, 2.75) is 6.54 Å². The lowest BCUT2D eigenvalue weighted by Gasteiger charge is -2.34. The van der Waals surface area contributed by atoms with E-state index in [-0.39, 0.29) is 0 Å². The van der Waals surface area contributed by atoms with Crippen LogP contribution in [0.25, 0.3) is 6.08 Å². The van der Waals surface area contributed by atoms with E-state index in [1.807, 2.05) is 0 Å². The van der Waals surface area contributed by atoms with Crippen molar-refractivity contribution in [3.63, 3.8) is 0 Å². The zero-order valence-corrected chi connectivity index (χ0v) is 15.4. The third-order valence-electron chi connectivity index (χ3n) is 4.80. The number of piperazine rings is 1. The second-order valence-electron chi connectivity index (χ2n) is 6.95. The quantitative estimate of drug-likeness (QED) is 0.799. The number of hydrogen-bond acceptors (Lipinski definition) is 3. The summed E-state index contributed by atoms with van der Waals surface area (Å²) in [7, 11) is 4.17. The van der Waals surface area contributed by atoms with Gasteiger partial charge in [-0.1, -0.05) is 54.6 Å². The molecule has 0 atom stereocenters. The summed E-state index contributed by atoms with van der Waals surface area (Å²) in [5.41, 5.74) is 3.95. The van der Waals surface area contributed by atoms with Crippen molar-refractivity contribution < 1.29 is 0 Å². The van der Waals surface area contributed by atoms with Gasteiger partial charge in [-0.25, -0.2) is 0 Å². The molecule has 0 spiro atoms. The average molecular weight is 335 g/mol. The molecule has 0 saturated carbocycles. The first kappa shape index (κ1) is 17.7. The van der Waals surface area contributed by atoms with Gasteiger partial charge in [0.25, 0.3) is 0 Å². The summed E-state index contributed by atoms with van der Waals surface area (Å²) in [4.78, 5) is 7.23. The van der Waals surface area contributed by atoms with E-state index in [4.69, 9.17) is 0 Å². The van der Waals surface area contributed by atoms with Gasteiger partial charge in [0.2, 0.25) is 0 Å². The van der Waals surface area contributed by atoms with Crippen LogP contribution in [0.5, 0.6) is 0 Å². The van der Waals surface area contributed by atoms with Crippen LogP contribution in [0.3, 0.4) is 0 Å². The number of benzene rings is 2. The fourth-order valence-corrected chi connectivity index (χ4v) is 3.19. The molecule has 2 aromatic rings. The molecule has 0 aromatic heterocycles. The van der Waals surface area contributed by atoms with E-state index in [9.17, 15) is 0 Å². The van der Waals surface area contributed by atoms with Gasteiger partial charge in [0.05, 0.1) is 0 Å². The summed E-state index contributed by atoms with van der Waals surface area (Å²) in [6.07, 6.45) is 4.50. The van der Waals surface area contributed by atoms with Gasteiger partial charge in [0.15, 0.2) is 0 Å². The first-order valence-corrected chi connectivity index (χ1v) is 9.13. The van der Waals surface area contributed by atoms with Crippen LogP contribution in [-0.2, 0) is 6.54 Å². The molecular formula is C22H29N3. The van der Waals surface area contributed by atoms with Crippen LogP contribution in [0.1, 0.15) is 11.1 Å². The fourth-order valence-electron chi connectivity index (χ4n) is 3.19. The molecule has 1 saturated heterocycles. The average Bonchev–Trinajstić information content (AvgIpc) is 2.64. The lowest BCUT2D eigenvalue weighted by molar-refractivity contribution is 0.137. The summed E-state index contributed by atoms with van der Waals surface area (Å²) in [5, 5.41) is 0. The Kier molecular flexibility index (Phi) is 6.26. The molecule has 2 aromatic carbocycles. The molecule has 1 aliphatic heterocycles. The second-order valence-corrected chi connectivity index (χ2v) is 6.95. The normalized spacial score (nSPS) is 16.4. The third kappa shape index (κ3) is 5.45. The maximum absolute atomic E-state index is 2.56. The lowest BCUT2D eigenvalue weighted by Crippen LogP contribution is -2.45. The third-order valence-corrected chi connectivity index (χ3v) is 4.80. The minimum absolute atomic E-state index is 1.04. The summed E-state index contributed by atoms with van der Waals surface area (Å²) in [6, 6.07) is 19.5. The molecule has 0 unspecified atom stereocenters. The summed E-state index contributed by atoms with van der Waals surface area (Å²) in [6.45, 7) is 6.69. The Morgan fingerprint density at radius 1 is 0.840 bits per heavy atom. The first-order valence-electron chi connectivity index (χ1n) is 9.13. The zero-order chi connectivity index (χ0) is 17.5. The van der Waals surface area contributed by atoms with Crippen LogP contribution in [0.15, 0.2) is 60.7 Å². The Balaban J connectivity index is 1.42. The molecule has 0 bridgehead atoms. The van der Waals surface area contributed by atoms with E-state index < -0.39 is 0 Å². The van der Waals surface area contributed by atoms with Gasteiger partial charge < -0.3 is 4.90 Å². The number of hydrogen-bond donors (Lipinski definition) is 0. The topological polar surface area (TPSA) is 9.72 Å². The molecule has 132 valence electrons. The van der Waals surface area contributed by atoms with Crippen molar-refractivity contribution >= 4 is 11.8 Å². The summed E-state index contributed by atoms with van der Waals surface area (Å²) < 4.78 is 0. The molecule has 3 rings (SSSR count). The zero-order valence-electron chi connectivity index (χ0n) is 15.4. The maximum Gasteiger partial charge on any atom is 0.0361 e. The van der Waals surface area contributed by atoms with Gasteiger partial charge in [-0.3, -0.25) is 9.80 Å². The van der Waals surface area contributed by atoms with Crippen molar-refractivity contribution in [2.75, 3.05) is 51.7 Å². The van der Waals surface area contributed by atoms with Gasteiger partial charge in [0.1, 0.15) is 0 Å². The highest BCUT2D eigenvalue weighted by molar-refractivity contribution is 5.48. The van der Waals surface area contributed by atoms with E-state index in [0.29, 0.717) is 0 Å². The van der Waals surface area contributed by atoms with Crippen LogP contribution in [0, 0.1) is 0 Å². The molecule has 0 radical (unpaired) electrons. The standard InChI is InChI=1S/C22H29N3/c1-23(2)22-12-10-21(11-13-22)19-25-17-15-24(16-18-25)14-6-9-20-7-4-3-5-8-20/h3-13H,14-19H2,1-2H3. The van der Waals surface area contributed by atoms with Gasteiger partial charge >= 0.3 is 0 Å². The van der Waals surface area contributed by atoms with Crippen molar-refractivity contribution in [1.29, 1.82) is 0 Å². The van der Waals surface area contributed by atoms with E-state index in [1.54, 1.807) is 0 Å². The van der Waals surface area contributed by atoms with Crippen LogP contribution < -0.4 is 4.90 Å². The Hall–Kier alpha value is -2.10. The van der Waals surface area contributed by atoms with Crippen molar-refractivity contribution in [3.8, 4) is 0 Å². The first-order chi connectivity index (χ1) is 12.2. The highest BCUT2D eigenvalue weighted by atomic mass is 15.3. The Morgan fingerprint density at radius 3 is 2.12 bits per heavy atom. The van der Waals surface area contributed by atoms with Crippen LogP contribution in [-0.4, -0.2) is 56.6 Å². The fraction of sp³-hybridized carbons (Fsp3) is 0.364. The highest BCUT2D eigenvalue weighted by Gasteiger charge is 2.15. The monoisotopic (exact) mass is 335 g/mol. The SMILES string of the molecule is CN(C)c1ccc(CN2CCN(CC=Cc3ccccc3)CC2)cc1. The second kappa shape index (κ2) is 8.84. The molecule has 25 heavy (non-hydrogen) atoms. The smallest absolute Gasteiger partial charge is 0.0361 e. The molecule has 0 N–H and O–H groups in total. The predicted octanol–water partition coefficient (Wildman–Crippen LogP) is 3.58. The van der Waals surface area contributed by atoms with Crippen molar-refractivity contribution in [3.05, 3.63) is 71.8 Å². The maximum atomic E-state index is 2.56. The number of nitrogens with zero attached hydrogens (tertiary/aromatic N) is 3. The van der Waals surface area contributed by atoms with Crippen molar-refractivity contribution in [1.82, 2.24) is 9.80 Å². The van der Waals surface area contributed by atoms with Crippen LogP contribution in [0.4, 0.5) is 5.69 Å². The number of rotatable bonds is 6. The molecule has 3 heteroatoms. The van der Waals surface area contributed by atoms with Crippen molar-refractivity contribution in [2.24, 2.45) is 0 Å². The minimum Gasteiger partial charge on any atom is -0.378 e. The Bertz CT molecular complexity index is 653. The molecule has 3 nitrogen and oxygen atoms in total. The molecule has 1 aliphatic rings. The largest absolute Gasteiger partial charge is 0.378 e. The number of anilines is 1. The van der Waals surface area contributed by atoms with E-state index in [1.165, 1.54) is 16.8 Å². The Labute approximate surface area is 152 Å².